The maximum absolute atomic E-state index is 12.3. The van der Waals surface area contributed by atoms with Gasteiger partial charge in [0.15, 0.2) is 0 Å². The zero-order valence-corrected chi connectivity index (χ0v) is 14.0. The number of phenolic OH excluding ortho intramolecular Hbond substituents is 1. The fraction of sp³-hybridized carbons (Fsp3) is 0.211. The Labute approximate surface area is 150 Å². The third kappa shape index (κ3) is 4.18. The molecule has 0 aliphatic carbocycles. The van der Waals surface area contributed by atoms with Gasteiger partial charge in [0, 0.05) is 24.3 Å². The summed E-state index contributed by atoms with van der Waals surface area (Å²) < 4.78 is 0. The summed E-state index contributed by atoms with van der Waals surface area (Å²) in [5, 5.41) is 14.4. The van der Waals surface area contributed by atoms with Crippen LogP contribution in [-0.4, -0.2) is 35.9 Å². The van der Waals surface area contributed by atoms with Gasteiger partial charge in [0.2, 0.25) is 17.7 Å². The number of anilines is 2. The highest BCUT2D eigenvalue weighted by molar-refractivity contribution is 6.01. The third-order valence-corrected chi connectivity index (χ3v) is 4.14. The summed E-state index contributed by atoms with van der Waals surface area (Å²) in [5.41, 5.74) is 1.28. The van der Waals surface area contributed by atoms with Crippen LogP contribution in [0.2, 0.25) is 0 Å². The van der Waals surface area contributed by atoms with Gasteiger partial charge in [-0.25, -0.2) is 0 Å². The molecule has 0 radical (unpaired) electrons. The van der Waals surface area contributed by atoms with Crippen molar-refractivity contribution in [2.45, 2.75) is 6.42 Å². The first-order valence-electron chi connectivity index (χ1n) is 8.25. The minimum absolute atomic E-state index is 0.102. The predicted molar refractivity (Wildman–Crippen MR) is 96.6 cm³/mol. The first-order chi connectivity index (χ1) is 12.5. The van der Waals surface area contributed by atoms with Crippen LogP contribution in [0, 0.1) is 5.92 Å². The van der Waals surface area contributed by atoms with Gasteiger partial charge >= 0.3 is 0 Å². The van der Waals surface area contributed by atoms with Crippen molar-refractivity contribution in [3.05, 3.63) is 54.6 Å². The second-order valence-corrected chi connectivity index (χ2v) is 6.05. The van der Waals surface area contributed by atoms with Gasteiger partial charge < -0.3 is 20.6 Å². The number of hydrogen-bond donors (Lipinski definition) is 3. The second-order valence-electron chi connectivity index (χ2n) is 6.05. The Morgan fingerprint density at radius 3 is 2.46 bits per heavy atom. The maximum Gasteiger partial charge on any atom is 0.243 e. The average molecular weight is 353 g/mol. The van der Waals surface area contributed by atoms with Crippen molar-refractivity contribution in [3.8, 4) is 5.75 Å². The fourth-order valence-corrected chi connectivity index (χ4v) is 2.80. The molecule has 0 bridgehead atoms. The van der Waals surface area contributed by atoms with E-state index in [1.807, 2.05) is 30.3 Å². The van der Waals surface area contributed by atoms with E-state index in [4.69, 9.17) is 0 Å². The molecule has 3 rings (SSSR count). The number of para-hydroxylation sites is 1. The number of aromatic hydroxyl groups is 1. The van der Waals surface area contributed by atoms with E-state index < -0.39 is 5.92 Å². The van der Waals surface area contributed by atoms with Crippen molar-refractivity contribution in [1.82, 2.24) is 5.32 Å². The number of phenols is 1. The Kier molecular flexibility index (Phi) is 5.17. The Hall–Kier alpha value is -3.35. The number of nitrogens with zero attached hydrogens (tertiary/aromatic N) is 1. The summed E-state index contributed by atoms with van der Waals surface area (Å²) in [7, 11) is 0. The number of rotatable bonds is 5. The van der Waals surface area contributed by atoms with Crippen molar-refractivity contribution < 1.29 is 19.5 Å². The molecule has 1 atom stereocenters. The quantitative estimate of drug-likeness (QED) is 0.710. The first-order valence-corrected chi connectivity index (χ1v) is 8.25. The number of amides is 3. The molecule has 1 saturated heterocycles. The molecule has 134 valence electrons. The van der Waals surface area contributed by atoms with Crippen LogP contribution in [0.1, 0.15) is 6.42 Å². The van der Waals surface area contributed by atoms with Gasteiger partial charge in [-0.2, -0.15) is 0 Å². The van der Waals surface area contributed by atoms with Crippen LogP contribution in [0.5, 0.6) is 5.75 Å². The molecule has 3 amide bonds. The van der Waals surface area contributed by atoms with Gasteiger partial charge in [0.05, 0.1) is 12.5 Å². The number of carbonyl (C=O) groups is 3. The molecule has 1 fully saturated rings. The van der Waals surface area contributed by atoms with E-state index in [9.17, 15) is 19.5 Å². The lowest BCUT2D eigenvalue weighted by Crippen LogP contribution is -2.37. The lowest BCUT2D eigenvalue weighted by molar-refractivity contribution is -0.127. The van der Waals surface area contributed by atoms with Gasteiger partial charge in [-0.3, -0.25) is 14.4 Å². The van der Waals surface area contributed by atoms with Crippen LogP contribution in [0.3, 0.4) is 0 Å². The molecule has 2 aromatic carbocycles. The lowest BCUT2D eigenvalue weighted by atomic mass is 10.1. The summed E-state index contributed by atoms with van der Waals surface area (Å²) >= 11 is 0. The number of nitrogens with one attached hydrogen (secondary N) is 2. The van der Waals surface area contributed by atoms with Gasteiger partial charge in [0.25, 0.3) is 0 Å². The zero-order valence-electron chi connectivity index (χ0n) is 14.0. The van der Waals surface area contributed by atoms with Crippen molar-refractivity contribution in [2.24, 2.45) is 5.92 Å². The summed E-state index contributed by atoms with van der Waals surface area (Å²) in [6.07, 6.45) is 0.125. The molecule has 0 spiro atoms. The van der Waals surface area contributed by atoms with Gasteiger partial charge in [0.1, 0.15) is 5.75 Å². The minimum atomic E-state index is -0.482. The highest BCUT2D eigenvalue weighted by Crippen LogP contribution is 2.24. The molecule has 0 unspecified atom stereocenters. The summed E-state index contributed by atoms with van der Waals surface area (Å²) in [6.45, 7) is 0.115. The van der Waals surface area contributed by atoms with E-state index in [1.165, 1.54) is 12.1 Å². The van der Waals surface area contributed by atoms with E-state index in [0.717, 1.165) is 5.69 Å². The Morgan fingerprint density at radius 2 is 1.77 bits per heavy atom. The largest absolute Gasteiger partial charge is 0.508 e. The topological polar surface area (TPSA) is 98.7 Å². The van der Waals surface area contributed by atoms with Crippen molar-refractivity contribution in [2.75, 3.05) is 23.3 Å². The van der Waals surface area contributed by atoms with E-state index >= 15 is 0 Å². The van der Waals surface area contributed by atoms with Gasteiger partial charge in [-0.15, -0.1) is 0 Å². The molecule has 1 aliphatic rings. The third-order valence-electron chi connectivity index (χ3n) is 4.14. The molecule has 7 nitrogen and oxygen atoms in total. The molecule has 26 heavy (non-hydrogen) atoms. The van der Waals surface area contributed by atoms with E-state index in [1.54, 1.807) is 17.0 Å². The van der Waals surface area contributed by atoms with Crippen molar-refractivity contribution in [1.29, 1.82) is 0 Å². The SMILES string of the molecule is O=C(CNC(=O)[C@@H]1CC(=O)N(c2ccccc2)C1)Nc1ccc(O)cc1. The fourth-order valence-electron chi connectivity index (χ4n) is 2.80. The van der Waals surface area contributed by atoms with Crippen LogP contribution in [0.4, 0.5) is 11.4 Å². The smallest absolute Gasteiger partial charge is 0.243 e. The van der Waals surface area contributed by atoms with Gasteiger partial charge in [-0.1, -0.05) is 18.2 Å². The van der Waals surface area contributed by atoms with Crippen molar-refractivity contribution in [3.63, 3.8) is 0 Å². The Bertz CT molecular complexity index is 805. The molecule has 0 aromatic heterocycles. The standard InChI is InChI=1S/C19H19N3O4/c23-16-8-6-14(7-9-16)21-17(24)11-20-19(26)13-10-18(25)22(12-13)15-4-2-1-3-5-15/h1-9,13,23H,10-12H2,(H,20,26)(H,21,24)/t13-/m1/s1. The van der Waals surface area contributed by atoms with Crippen LogP contribution in [-0.2, 0) is 14.4 Å². The van der Waals surface area contributed by atoms with Crippen LogP contribution in [0.25, 0.3) is 0 Å². The molecule has 1 heterocycles. The van der Waals surface area contributed by atoms with E-state index in [2.05, 4.69) is 10.6 Å². The Morgan fingerprint density at radius 1 is 1.08 bits per heavy atom. The molecule has 2 aromatic rings. The molecule has 1 aliphatic heterocycles. The van der Waals surface area contributed by atoms with E-state index in [0.29, 0.717) is 12.2 Å². The molecular formula is C19H19N3O4. The van der Waals surface area contributed by atoms with Crippen molar-refractivity contribution >= 4 is 29.1 Å². The molecule has 7 heteroatoms. The zero-order chi connectivity index (χ0) is 18.5. The molecule has 0 saturated carbocycles. The second kappa shape index (κ2) is 7.69. The normalized spacial score (nSPS) is 16.4. The monoisotopic (exact) mass is 353 g/mol. The number of benzene rings is 2. The molecule has 3 N–H and O–H groups in total. The number of hydrogen-bond acceptors (Lipinski definition) is 4. The Balaban J connectivity index is 1.50. The highest BCUT2D eigenvalue weighted by atomic mass is 16.3. The minimum Gasteiger partial charge on any atom is -0.508 e. The predicted octanol–water partition coefficient (Wildman–Crippen LogP) is 1.50. The molecular weight excluding hydrogens is 334 g/mol. The first kappa shape index (κ1) is 17.5. The maximum atomic E-state index is 12.3. The van der Waals surface area contributed by atoms with Crippen LogP contribution in [0.15, 0.2) is 54.6 Å². The van der Waals surface area contributed by atoms with Crippen LogP contribution < -0.4 is 15.5 Å². The summed E-state index contributed by atoms with van der Waals surface area (Å²) in [4.78, 5) is 37.9. The van der Waals surface area contributed by atoms with Gasteiger partial charge in [-0.05, 0) is 36.4 Å². The highest BCUT2D eigenvalue weighted by Gasteiger charge is 2.35. The van der Waals surface area contributed by atoms with Crippen LogP contribution >= 0.6 is 0 Å². The average Bonchev–Trinajstić information content (AvgIpc) is 3.04. The van der Waals surface area contributed by atoms with E-state index in [-0.39, 0.29) is 36.4 Å². The number of carbonyl (C=O) groups excluding carboxylic acids is 3. The summed E-state index contributed by atoms with van der Waals surface area (Å²) in [6, 6.07) is 15.2. The summed E-state index contributed by atoms with van der Waals surface area (Å²) in [5.74, 6) is -1.19. The lowest BCUT2D eigenvalue weighted by Gasteiger charge is -2.16.